The van der Waals surface area contributed by atoms with Crippen LogP contribution in [0.15, 0.2) is 53.6 Å². The molecule has 3 N–H and O–H groups in total. The Morgan fingerprint density at radius 1 is 1.06 bits per heavy atom. The van der Waals surface area contributed by atoms with Crippen molar-refractivity contribution in [2.75, 3.05) is 18.9 Å². The van der Waals surface area contributed by atoms with Crippen LogP contribution in [0.4, 0.5) is 5.69 Å². The first-order valence-electron chi connectivity index (χ1n) is 9.85. The van der Waals surface area contributed by atoms with Gasteiger partial charge < -0.3 is 19.9 Å². The van der Waals surface area contributed by atoms with Gasteiger partial charge in [0.25, 0.3) is 15.9 Å². The third kappa shape index (κ3) is 4.40. The number of sulfonamides is 1. The average Bonchev–Trinajstić information content (AvgIpc) is 3.58. The molecule has 1 aliphatic carbocycles. The molecular weight excluding hydrogens is 450 g/mol. The number of amides is 1. The van der Waals surface area contributed by atoms with Crippen LogP contribution in [0.25, 0.3) is 10.9 Å². The minimum Gasteiger partial charge on any atom is -0.497 e. The summed E-state index contributed by atoms with van der Waals surface area (Å²) < 4.78 is 44.0. The summed E-state index contributed by atoms with van der Waals surface area (Å²) in [4.78, 5) is 28.1. The molecule has 0 spiro atoms. The number of carbonyl (C=O) groups excluding carboxylic acids is 2. The molecule has 33 heavy (non-hydrogen) atoms. The maximum Gasteiger partial charge on any atom is 0.339 e. The van der Waals surface area contributed by atoms with E-state index in [2.05, 4.69) is 9.71 Å². The molecule has 10 nitrogen and oxygen atoms in total. The van der Waals surface area contributed by atoms with Gasteiger partial charge in [-0.1, -0.05) is 0 Å². The number of primary amides is 1. The number of nitrogens with two attached hydrogens (primary N) is 1. The maximum absolute atomic E-state index is 13.0. The van der Waals surface area contributed by atoms with Gasteiger partial charge in [-0.15, -0.1) is 0 Å². The van der Waals surface area contributed by atoms with Gasteiger partial charge in [-0.05, 0) is 36.4 Å². The summed E-state index contributed by atoms with van der Waals surface area (Å²) in [6.07, 6.45) is 2.14. The van der Waals surface area contributed by atoms with Crippen molar-refractivity contribution >= 4 is 38.5 Å². The summed E-state index contributed by atoms with van der Waals surface area (Å²) in [6.45, 7) is 0. The second-order valence-corrected chi connectivity index (χ2v) is 9.15. The first-order valence-corrected chi connectivity index (χ1v) is 11.3. The summed E-state index contributed by atoms with van der Waals surface area (Å²) in [7, 11) is -1.26. The van der Waals surface area contributed by atoms with Gasteiger partial charge in [-0.3, -0.25) is 14.5 Å². The molecule has 1 heterocycles. The molecule has 1 fully saturated rings. The second kappa shape index (κ2) is 8.24. The molecule has 172 valence electrons. The quantitative estimate of drug-likeness (QED) is 0.476. The van der Waals surface area contributed by atoms with Crippen molar-refractivity contribution in [2.24, 2.45) is 5.73 Å². The first-order chi connectivity index (χ1) is 15.7. The van der Waals surface area contributed by atoms with Crippen LogP contribution in [-0.2, 0) is 19.6 Å². The van der Waals surface area contributed by atoms with Gasteiger partial charge in [0.05, 0.1) is 37.2 Å². The number of hydrogen-bond acceptors (Lipinski definition) is 8. The Bertz CT molecular complexity index is 1370. The van der Waals surface area contributed by atoms with E-state index in [-0.39, 0.29) is 21.9 Å². The first kappa shape index (κ1) is 22.3. The fraction of sp³-hybridized carbons (Fsp3) is 0.227. The van der Waals surface area contributed by atoms with Gasteiger partial charge in [0.2, 0.25) is 0 Å². The Kier molecular flexibility index (Phi) is 5.58. The Morgan fingerprint density at radius 2 is 1.82 bits per heavy atom. The molecule has 4 rings (SSSR count). The number of pyridine rings is 1. The van der Waals surface area contributed by atoms with E-state index in [9.17, 15) is 18.0 Å². The number of carbonyl (C=O) groups is 2. The zero-order valence-corrected chi connectivity index (χ0v) is 18.6. The molecule has 2 aromatic carbocycles. The van der Waals surface area contributed by atoms with E-state index >= 15 is 0 Å². The van der Waals surface area contributed by atoms with Crippen molar-refractivity contribution in [2.45, 2.75) is 23.3 Å². The van der Waals surface area contributed by atoms with Crippen molar-refractivity contribution in [3.63, 3.8) is 0 Å². The number of anilines is 1. The highest BCUT2D eigenvalue weighted by Crippen LogP contribution is 2.40. The molecule has 0 aliphatic heterocycles. The predicted octanol–water partition coefficient (Wildman–Crippen LogP) is 2.23. The molecule has 1 saturated carbocycles. The molecule has 1 aliphatic rings. The van der Waals surface area contributed by atoms with Gasteiger partial charge >= 0.3 is 5.97 Å². The van der Waals surface area contributed by atoms with Crippen molar-refractivity contribution in [3.8, 4) is 11.5 Å². The summed E-state index contributed by atoms with van der Waals surface area (Å²) in [5.41, 5.74) is 4.96. The minimum absolute atomic E-state index is 0.108. The van der Waals surface area contributed by atoms with Crippen molar-refractivity contribution in [3.05, 3.63) is 54.2 Å². The Balaban J connectivity index is 1.63. The summed E-state index contributed by atoms with van der Waals surface area (Å²) in [5, 5.41) is 0.492. The number of fused-ring (bicyclic) bond motifs is 1. The fourth-order valence-electron chi connectivity index (χ4n) is 3.27. The zero-order chi connectivity index (χ0) is 23.8. The Labute approximate surface area is 189 Å². The largest absolute Gasteiger partial charge is 0.497 e. The van der Waals surface area contributed by atoms with Crippen molar-refractivity contribution < 1.29 is 32.2 Å². The number of hydrogen-bond donors (Lipinski definition) is 2. The lowest BCUT2D eigenvalue weighted by Crippen LogP contribution is -2.35. The minimum atomic E-state index is -4.05. The molecule has 11 heteroatoms. The van der Waals surface area contributed by atoms with Crippen LogP contribution in [0.2, 0.25) is 0 Å². The van der Waals surface area contributed by atoms with E-state index in [1.807, 2.05) is 0 Å². The number of ether oxygens (including phenoxy) is 3. The highest BCUT2D eigenvalue weighted by atomic mass is 32.2. The molecule has 0 saturated heterocycles. The molecule has 1 aromatic heterocycles. The van der Waals surface area contributed by atoms with E-state index in [0.717, 1.165) is 0 Å². The van der Waals surface area contributed by atoms with Crippen LogP contribution in [0.5, 0.6) is 11.5 Å². The van der Waals surface area contributed by atoms with E-state index in [1.165, 1.54) is 50.7 Å². The van der Waals surface area contributed by atoms with Crippen LogP contribution < -0.4 is 19.9 Å². The van der Waals surface area contributed by atoms with Gasteiger partial charge in [-0.2, -0.15) is 0 Å². The standard InChI is InChI=1S/C22H21N3O7S/c1-30-16-4-6-18(31-2)19(11-16)33(28,29)25-15-10-14-9-13(3-5-17(14)24-12-15)20(26)32-22(7-8-22)21(23)27/h3-6,9-12,25H,7-8H2,1-2H3,(H2,23,27). The molecule has 0 bridgehead atoms. The molecule has 3 aromatic rings. The predicted molar refractivity (Wildman–Crippen MR) is 119 cm³/mol. The lowest BCUT2D eigenvalue weighted by Gasteiger charge is -2.14. The van der Waals surface area contributed by atoms with Crippen LogP contribution >= 0.6 is 0 Å². The lowest BCUT2D eigenvalue weighted by atomic mass is 10.1. The third-order valence-electron chi connectivity index (χ3n) is 5.27. The van der Waals surface area contributed by atoms with E-state index in [4.69, 9.17) is 19.9 Å². The van der Waals surface area contributed by atoms with Gasteiger partial charge in [0, 0.05) is 24.3 Å². The molecule has 1 amide bonds. The van der Waals surface area contributed by atoms with Gasteiger partial charge in [-0.25, -0.2) is 13.2 Å². The van der Waals surface area contributed by atoms with E-state index in [0.29, 0.717) is 29.5 Å². The SMILES string of the molecule is COc1ccc(OC)c(S(=O)(=O)Nc2cnc3ccc(C(=O)OC4(C(N)=O)CC4)cc3c2)c1. The van der Waals surface area contributed by atoms with Gasteiger partial charge in [0.1, 0.15) is 16.4 Å². The van der Waals surface area contributed by atoms with Crippen LogP contribution in [0.3, 0.4) is 0 Å². The summed E-state index contributed by atoms with van der Waals surface area (Å²) in [5.74, 6) is -0.880. The van der Waals surface area contributed by atoms with Crippen LogP contribution in [0, 0.1) is 0 Å². The highest BCUT2D eigenvalue weighted by molar-refractivity contribution is 7.92. The van der Waals surface area contributed by atoms with Crippen LogP contribution in [0.1, 0.15) is 23.2 Å². The maximum atomic E-state index is 13.0. The number of aromatic nitrogens is 1. The number of benzene rings is 2. The van der Waals surface area contributed by atoms with Crippen LogP contribution in [-0.4, -0.2) is 45.1 Å². The normalized spacial score (nSPS) is 14.4. The topological polar surface area (TPSA) is 147 Å². The summed E-state index contributed by atoms with van der Waals surface area (Å²) in [6, 6.07) is 10.6. The highest BCUT2D eigenvalue weighted by Gasteiger charge is 2.53. The number of methoxy groups -OCH3 is 2. The van der Waals surface area contributed by atoms with Gasteiger partial charge in [0.15, 0.2) is 5.60 Å². The van der Waals surface area contributed by atoms with E-state index in [1.54, 1.807) is 12.1 Å². The zero-order valence-electron chi connectivity index (χ0n) is 17.8. The summed E-state index contributed by atoms with van der Waals surface area (Å²) >= 11 is 0. The monoisotopic (exact) mass is 471 g/mol. The third-order valence-corrected chi connectivity index (χ3v) is 6.67. The number of nitrogens with one attached hydrogen (secondary N) is 1. The average molecular weight is 471 g/mol. The number of rotatable bonds is 8. The van der Waals surface area contributed by atoms with E-state index < -0.39 is 27.5 Å². The molecular formula is C22H21N3O7S. The fourth-order valence-corrected chi connectivity index (χ4v) is 4.49. The lowest BCUT2D eigenvalue weighted by molar-refractivity contribution is -0.128. The molecule has 0 unspecified atom stereocenters. The Morgan fingerprint density at radius 3 is 2.45 bits per heavy atom. The number of nitrogens with zero attached hydrogens (tertiary/aromatic N) is 1. The molecule has 0 radical (unpaired) electrons. The number of esters is 1. The van der Waals surface area contributed by atoms with Crippen molar-refractivity contribution in [1.29, 1.82) is 0 Å². The second-order valence-electron chi connectivity index (χ2n) is 7.50. The molecule has 0 atom stereocenters. The smallest absolute Gasteiger partial charge is 0.339 e. The Hall–Kier alpha value is -3.86. The van der Waals surface area contributed by atoms with Crippen molar-refractivity contribution in [1.82, 2.24) is 4.98 Å².